The molecule has 0 aromatic carbocycles. The average molecular weight is 542 g/mol. The van der Waals surface area contributed by atoms with Crippen LogP contribution >= 0.6 is 7.82 Å². The van der Waals surface area contributed by atoms with E-state index < -0.39 is 51.0 Å². The van der Waals surface area contributed by atoms with Gasteiger partial charge in [-0.2, -0.15) is 0 Å². The second kappa shape index (κ2) is 16.7. The zero-order valence-electron chi connectivity index (χ0n) is 22.6. The number of esters is 2. The van der Waals surface area contributed by atoms with Gasteiger partial charge >= 0.3 is 19.8 Å². The summed E-state index contributed by atoms with van der Waals surface area (Å²) in [7, 11) is 3.12. The number of likely N-dealkylation sites (N-methyl/N-ethyl adjacent to an activating group) is 2. The molecular formula is C23H46N2O10P+. The topological polar surface area (TPSA) is 139 Å². The fourth-order valence-electron chi connectivity index (χ4n) is 3.20. The quantitative estimate of drug-likeness (QED) is 0.107. The molecule has 13 heteroatoms. The molecule has 212 valence electrons. The summed E-state index contributed by atoms with van der Waals surface area (Å²) in [5.41, 5.74) is 0. The molecular weight excluding hydrogens is 495 g/mol. The van der Waals surface area contributed by atoms with E-state index in [0.29, 0.717) is 30.4 Å². The molecule has 0 bridgehead atoms. The van der Waals surface area contributed by atoms with Crippen molar-refractivity contribution in [3.8, 4) is 0 Å². The number of nitrogens with zero attached hydrogens (tertiary/aromatic N) is 1. The lowest BCUT2D eigenvalue weighted by Crippen LogP contribution is -2.42. The standard InChI is InChI=1S/C23H45N2O10P/c1-7-9-11-19(26)34-21-18(17-32-36(28,29)31-16-14-25(4,5)6)33-23(30-15-13-24-3)22(21)35-20(27)12-10-8-2/h18,21-24H,7-17H2,1-6H3/p+1. The van der Waals surface area contributed by atoms with E-state index in [9.17, 15) is 19.0 Å². The highest BCUT2D eigenvalue weighted by atomic mass is 31.2. The molecule has 0 aromatic rings. The molecule has 1 fully saturated rings. The Balaban J connectivity index is 2.99. The summed E-state index contributed by atoms with van der Waals surface area (Å²) < 4.78 is 46.1. The molecule has 0 radical (unpaired) electrons. The summed E-state index contributed by atoms with van der Waals surface area (Å²) in [5.74, 6) is -0.965. The number of carbonyl (C=O) groups excluding carboxylic acids is 2. The first kappa shape index (κ1) is 32.9. The molecule has 0 saturated carbocycles. The first-order valence-corrected chi connectivity index (χ1v) is 14.1. The summed E-state index contributed by atoms with van der Waals surface area (Å²) in [5, 5.41) is 2.94. The smallest absolute Gasteiger partial charge is 0.455 e. The van der Waals surface area contributed by atoms with Crippen molar-refractivity contribution < 1.29 is 51.5 Å². The van der Waals surface area contributed by atoms with Crippen molar-refractivity contribution in [2.75, 3.05) is 61.1 Å². The fraction of sp³-hybridized carbons (Fsp3) is 0.913. The number of phosphoric acid groups is 1. The molecule has 1 aliphatic rings. The monoisotopic (exact) mass is 541 g/mol. The molecule has 0 spiro atoms. The molecule has 1 rings (SSSR count). The van der Waals surface area contributed by atoms with Crippen molar-refractivity contribution in [1.29, 1.82) is 0 Å². The zero-order valence-corrected chi connectivity index (χ0v) is 23.5. The van der Waals surface area contributed by atoms with Crippen LogP contribution in [-0.4, -0.2) is 107 Å². The van der Waals surface area contributed by atoms with E-state index in [1.165, 1.54) is 0 Å². The van der Waals surface area contributed by atoms with Crippen LogP contribution in [0.1, 0.15) is 52.4 Å². The predicted octanol–water partition coefficient (Wildman–Crippen LogP) is 1.99. The van der Waals surface area contributed by atoms with Gasteiger partial charge in [-0.15, -0.1) is 0 Å². The van der Waals surface area contributed by atoms with Gasteiger partial charge < -0.3 is 33.6 Å². The Morgan fingerprint density at radius 3 is 2.08 bits per heavy atom. The van der Waals surface area contributed by atoms with Gasteiger partial charge in [0.2, 0.25) is 0 Å². The van der Waals surface area contributed by atoms with Crippen LogP contribution in [0.3, 0.4) is 0 Å². The first-order chi connectivity index (χ1) is 16.9. The SMILES string of the molecule is CCCCC(=O)OC1C(COP(=O)(O)OCC[N+](C)(C)C)OC(OCCNC)C1OC(=O)CCCC. The Morgan fingerprint density at radius 2 is 1.56 bits per heavy atom. The maximum absolute atomic E-state index is 12.5. The number of nitrogens with one attached hydrogen (secondary N) is 1. The van der Waals surface area contributed by atoms with Crippen LogP contribution in [0.4, 0.5) is 0 Å². The third-order valence-electron chi connectivity index (χ3n) is 5.32. The summed E-state index contributed by atoms with van der Waals surface area (Å²) in [6, 6.07) is 0. The van der Waals surface area contributed by atoms with Crippen LogP contribution < -0.4 is 5.32 Å². The van der Waals surface area contributed by atoms with Crippen molar-refractivity contribution in [2.45, 2.75) is 77.0 Å². The van der Waals surface area contributed by atoms with Gasteiger partial charge in [0.05, 0.1) is 34.4 Å². The van der Waals surface area contributed by atoms with E-state index in [1.54, 1.807) is 7.05 Å². The van der Waals surface area contributed by atoms with Crippen molar-refractivity contribution >= 4 is 19.8 Å². The molecule has 5 unspecified atom stereocenters. The van der Waals surface area contributed by atoms with Crippen LogP contribution in [0.25, 0.3) is 0 Å². The first-order valence-electron chi connectivity index (χ1n) is 12.6. The second-order valence-electron chi connectivity index (χ2n) is 9.74. The van der Waals surface area contributed by atoms with Crippen molar-refractivity contribution in [1.82, 2.24) is 5.32 Å². The molecule has 12 nitrogen and oxygen atoms in total. The van der Waals surface area contributed by atoms with Crippen LogP contribution in [0.15, 0.2) is 0 Å². The number of ether oxygens (including phenoxy) is 4. The summed E-state index contributed by atoms with van der Waals surface area (Å²) in [6.07, 6.45) is -0.939. The van der Waals surface area contributed by atoms with Gasteiger partial charge in [-0.25, -0.2) is 4.57 Å². The van der Waals surface area contributed by atoms with E-state index >= 15 is 0 Å². The van der Waals surface area contributed by atoms with E-state index in [1.807, 2.05) is 35.0 Å². The van der Waals surface area contributed by atoms with Gasteiger partial charge in [0, 0.05) is 19.4 Å². The molecule has 1 saturated heterocycles. The Bertz CT molecular complexity index is 703. The lowest BCUT2D eigenvalue weighted by Gasteiger charge is -2.25. The fourth-order valence-corrected chi connectivity index (χ4v) is 3.93. The Labute approximate surface area is 215 Å². The summed E-state index contributed by atoms with van der Waals surface area (Å²) in [4.78, 5) is 35.0. The van der Waals surface area contributed by atoms with E-state index in [0.717, 1.165) is 12.8 Å². The maximum atomic E-state index is 12.5. The predicted molar refractivity (Wildman–Crippen MR) is 132 cm³/mol. The summed E-state index contributed by atoms with van der Waals surface area (Å²) >= 11 is 0. The maximum Gasteiger partial charge on any atom is 0.472 e. The number of quaternary nitrogens is 1. The van der Waals surface area contributed by atoms with Crippen LogP contribution in [0.2, 0.25) is 0 Å². The van der Waals surface area contributed by atoms with E-state index in [4.69, 9.17) is 28.0 Å². The largest absolute Gasteiger partial charge is 0.472 e. The lowest BCUT2D eigenvalue weighted by atomic mass is 10.1. The van der Waals surface area contributed by atoms with E-state index in [2.05, 4.69) is 5.32 Å². The molecule has 0 aromatic heterocycles. The molecule has 36 heavy (non-hydrogen) atoms. The minimum atomic E-state index is -4.41. The van der Waals surface area contributed by atoms with Crippen molar-refractivity contribution in [3.05, 3.63) is 0 Å². The van der Waals surface area contributed by atoms with Crippen LogP contribution in [-0.2, 0) is 42.1 Å². The van der Waals surface area contributed by atoms with Crippen molar-refractivity contribution in [2.24, 2.45) is 0 Å². The number of carbonyl (C=O) groups is 2. The molecule has 5 atom stereocenters. The zero-order chi connectivity index (χ0) is 27.2. The van der Waals surface area contributed by atoms with Crippen LogP contribution in [0.5, 0.6) is 0 Å². The average Bonchev–Trinajstić information content (AvgIpc) is 3.10. The Morgan fingerprint density at radius 1 is 0.972 bits per heavy atom. The van der Waals surface area contributed by atoms with Gasteiger partial charge in [-0.3, -0.25) is 18.6 Å². The second-order valence-corrected chi connectivity index (χ2v) is 11.2. The van der Waals surface area contributed by atoms with Crippen molar-refractivity contribution in [3.63, 3.8) is 0 Å². The Kier molecular flexibility index (Phi) is 15.2. The van der Waals surface area contributed by atoms with Gasteiger partial charge in [-0.1, -0.05) is 26.7 Å². The highest BCUT2D eigenvalue weighted by Crippen LogP contribution is 2.44. The number of hydrogen-bond donors (Lipinski definition) is 2. The van der Waals surface area contributed by atoms with Gasteiger partial charge in [0.25, 0.3) is 0 Å². The van der Waals surface area contributed by atoms with Gasteiger partial charge in [0.1, 0.15) is 19.3 Å². The third-order valence-corrected chi connectivity index (χ3v) is 6.31. The number of unbranched alkanes of at least 4 members (excludes halogenated alkanes) is 2. The Hall–Kier alpha value is -1.11. The number of phosphoric ester groups is 1. The highest BCUT2D eigenvalue weighted by Gasteiger charge is 2.51. The molecule has 0 aliphatic carbocycles. The molecule has 1 aliphatic heterocycles. The molecule has 0 amide bonds. The molecule has 2 N–H and O–H groups in total. The van der Waals surface area contributed by atoms with Gasteiger partial charge in [0.15, 0.2) is 18.5 Å². The van der Waals surface area contributed by atoms with Gasteiger partial charge in [-0.05, 0) is 19.9 Å². The lowest BCUT2D eigenvalue weighted by molar-refractivity contribution is -0.870. The van der Waals surface area contributed by atoms with E-state index in [-0.39, 0.29) is 26.1 Å². The van der Waals surface area contributed by atoms with Crippen LogP contribution in [0, 0.1) is 0 Å². The highest BCUT2D eigenvalue weighted by molar-refractivity contribution is 7.47. The minimum Gasteiger partial charge on any atom is -0.455 e. The normalized spacial score (nSPS) is 23.9. The number of hydrogen-bond acceptors (Lipinski definition) is 10. The minimum absolute atomic E-state index is 0.00561. The molecule has 1 heterocycles. The summed E-state index contributed by atoms with van der Waals surface area (Å²) in [6.45, 7) is 4.71. The number of rotatable bonds is 19. The third kappa shape index (κ3) is 13.4.